The number of rotatable bonds is 9. The predicted octanol–water partition coefficient (Wildman–Crippen LogP) is 1.25. The average molecular weight is 221 g/mol. The van der Waals surface area contributed by atoms with E-state index < -0.39 is 5.60 Å². The van der Waals surface area contributed by atoms with Crippen molar-refractivity contribution in [1.29, 1.82) is 0 Å². The molecule has 0 aliphatic heterocycles. The van der Waals surface area contributed by atoms with E-state index in [4.69, 9.17) is 10.5 Å². The summed E-state index contributed by atoms with van der Waals surface area (Å²) in [5.41, 5.74) is 4.75. The molecule has 0 spiro atoms. The zero-order valence-corrected chi connectivity index (χ0v) is 10.1. The van der Waals surface area contributed by atoms with Gasteiger partial charge in [-0.1, -0.05) is 0 Å². The first-order valence-corrected chi connectivity index (χ1v) is 6.27. The van der Waals surface area contributed by atoms with E-state index in [1.54, 1.807) is 14.0 Å². The summed E-state index contributed by atoms with van der Waals surface area (Å²) >= 11 is 1.90. The molecule has 0 rings (SSSR count). The minimum Gasteiger partial charge on any atom is -0.389 e. The lowest BCUT2D eigenvalue weighted by Gasteiger charge is -2.20. The maximum absolute atomic E-state index is 9.61. The minimum absolute atomic E-state index is 0.351. The first-order chi connectivity index (χ1) is 6.62. The molecule has 3 N–H and O–H groups in total. The zero-order valence-electron chi connectivity index (χ0n) is 9.29. The van der Waals surface area contributed by atoms with E-state index in [0.717, 1.165) is 37.4 Å². The van der Waals surface area contributed by atoms with Crippen molar-refractivity contribution in [2.75, 3.05) is 31.8 Å². The van der Waals surface area contributed by atoms with E-state index in [9.17, 15) is 5.11 Å². The lowest BCUT2D eigenvalue weighted by atomic mass is 10.00. The topological polar surface area (TPSA) is 55.5 Å². The number of thioether (sulfide) groups is 1. The second-order valence-electron chi connectivity index (χ2n) is 3.76. The van der Waals surface area contributed by atoms with Crippen molar-refractivity contribution in [3.63, 3.8) is 0 Å². The molecule has 0 aromatic heterocycles. The van der Waals surface area contributed by atoms with Gasteiger partial charge in [0, 0.05) is 19.4 Å². The number of hydrogen-bond acceptors (Lipinski definition) is 4. The first kappa shape index (κ1) is 14.2. The van der Waals surface area contributed by atoms with Gasteiger partial charge < -0.3 is 15.6 Å². The Kier molecular flexibility index (Phi) is 8.67. The quantitative estimate of drug-likeness (QED) is 0.575. The molecular weight excluding hydrogens is 198 g/mol. The van der Waals surface area contributed by atoms with Gasteiger partial charge in [0.25, 0.3) is 0 Å². The molecule has 0 heterocycles. The van der Waals surface area contributed by atoms with Gasteiger partial charge in [-0.25, -0.2) is 0 Å². The molecule has 86 valence electrons. The van der Waals surface area contributed by atoms with Crippen LogP contribution in [0.5, 0.6) is 0 Å². The first-order valence-electron chi connectivity index (χ1n) is 5.11. The summed E-state index contributed by atoms with van der Waals surface area (Å²) in [4.78, 5) is 0. The maximum Gasteiger partial charge on any atom is 0.0741 e. The number of ether oxygens (including phenoxy) is 1. The molecule has 0 aromatic carbocycles. The monoisotopic (exact) mass is 221 g/mol. The fourth-order valence-electron chi connectivity index (χ4n) is 1.06. The summed E-state index contributed by atoms with van der Waals surface area (Å²) in [5, 5.41) is 9.61. The normalized spacial score (nSPS) is 15.4. The maximum atomic E-state index is 9.61. The van der Waals surface area contributed by atoms with Crippen LogP contribution in [0.3, 0.4) is 0 Å². The number of methoxy groups -OCH3 is 1. The molecule has 14 heavy (non-hydrogen) atoms. The van der Waals surface area contributed by atoms with Gasteiger partial charge >= 0.3 is 0 Å². The fraction of sp³-hybridized carbons (Fsp3) is 1.00. The van der Waals surface area contributed by atoms with Crippen molar-refractivity contribution >= 4 is 11.8 Å². The summed E-state index contributed by atoms with van der Waals surface area (Å²) in [7, 11) is 1.72. The van der Waals surface area contributed by atoms with Gasteiger partial charge in [-0.05, 0) is 31.9 Å². The van der Waals surface area contributed by atoms with Crippen molar-refractivity contribution in [3.05, 3.63) is 0 Å². The Bertz CT molecular complexity index is 131. The van der Waals surface area contributed by atoms with Crippen molar-refractivity contribution in [3.8, 4) is 0 Å². The summed E-state index contributed by atoms with van der Waals surface area (Å²) in [6.07, 6.45) is 2.99. The average Bonchev–Trinajstić information content (AvgIpc) is 2.16. The molecular formula is C10H23NO2S. The van der Waals surface area contributed by atoms with Crippen LogP contribution in [0, 0.1) is 0 Å². The molecule has 0 saturated heterocycles. The van der Waals surface area contributed by atoms with Crippen LogP contribution < -0.4 is 5.73 Å². The van der Waals surface area contributed by atoms with Crippen LogP contribution >= 0.6 is 11.8 Å². The van der Waals surface area contributed by atoms with Gasteiger partial charge in [0.1, 0.15) is 0 Å². The highest BCUT2D eigenvalue weighted by Crippen LogP contribution is 2.13. The Balaban J connectivity index is 3.13. The molecule has 0 saturated carbocycles. The molecule has 0 aliphatic rings. The molecule has 0 bridgehead atoms. The molecule has 1 unspecified atom stereocenters. The highest BCUT2D eigenvalue weighted by atomic mass is 32.2. The van der Waals surface area contributed by atoms with Crippen LogP contribution in [0.2, 0.25) is 0 Å². The van der Waals surface area contributed by atoms with Gasteiger partial charge in [-0.2, -0.15) is 11.8 Å². The molecule has 0 aliphatic carbocycles. The third-order valence-electron chi connectivity index (χ3n) is 2.13. The molecule has 0 radical (unpaired) electrons. The number of aliphatic hydroxyl groups is 1. The Hall–Kier alpha value is 0.230. The number of hydrogen-bond donors (Lipinski definition) is 2. The fourth-order valence-corrected chi connectivity index (χ4v) is 1.95. The zero-order chi connectivity index (χ0) is 10.9. The summed E-state index contributed by atoms with van der Waals surface area (Å²) in [6, 6.07) is 0. The smallest absolute Gasteiger partial charge is 0.0741 e. The lowest BCUT2D eigenvalue weighted by molar-refractivity contribution is 0.0577. The highest BCUT2D eigenvalue weighted by molar-refractivity contribution is 7.99. The summed E-state index contributed by atoms with van der Waals surface area (Å²) < 4.78 is 4.94. The van der Waals surface area contributed by atoms with Gasteiger partial charge in [0.05, 0.1) is 12.2 Å². The second kappa shape index (κ2) is 8.53. The molecule has 0 aromatic rings. The standard InChI is InChI=1S/C10H23NO2S/c1-10(12,9-11)5-3-4-7-14-8-6-13-2/h12H,3-9,11H2,1-2H3. The van der Waals surface area contributed by atoms with Crippen LogP contribution in [0.1, 0.15) is 26.2 Å². The van der Waals surface area contributed by atoms with Gasteiger partial charge in [0.2, 0.25) is 0 Å². The minimum atomic E-state index is -0.669. The summed E-state index contributed by atoms with van der Waals surface area (Å²) in [6.45, 7) is 2.97. The van der Waals surface area contributed by atoms with E-state index >= 15 is 0 Å². The van der Waals surface area contributed by atoms with E-state index in [2.05, 4.69) is 0 Å². The van der Waals surface area contributed by atoms with Crippen molar-refractivity contribution in [2.45, 2.75) is 31.8 Å². The third-order valence-corrected chi connectivity index (χ3v) is 3.16. The molecule has 0 fully saturated rings. The Morgan fingerprint density at radius 3 is 2.64 bits per heavy atom. The molecule has 3 nitrogen and oxygen atoms in total. The summed E-state index contributed by atoms with van der Waals surface area (Å²) in [5.74, 6) is 2.20. The van der Waals surface area contributed by atoms with Crippen LogP contribution in [0.25, 0.3) is 0 Å². The van der Waals surface area contributed by atoms with E-state index in [1.807, 2.05) is 11.8 Å². The third kappa shape index (κ3) is 8.81. The van der Waals surface area contributed by atoms with Crippen LogP contribution in [0.15, 0.2) is 0 Å². The van der Waals surface area contributed by atoms with E-state index in [1.165, 1.54) is 0 Å². The second-order valence-corrected chi connectivity index (χ2v) is 4.99. The largest absolute Gasteiger partial charge is 0.389 e. The lowest BCUT2D eigenvalue weighted by Crippen LogP contribution is -2.33. The predicted molar refractivity (Wildman–Crippen MR) is 62.7 cm³/mol. The Morgan fingerprint density at radius 2 is 2.07 bits per heavy atom. The Morgan fingerprint density at radius 1 is 1.36 bits per heavy atom. The van der Waals surface area contributed by atoms with Gasteiger partial charge in [0.15, 0.2) is 0 Å². The number of unbranched alkanes of at least 4 members (excludes halogenated alkanes) is 1. The van der Waals surface area contributed by atoms with Crippen molar-refractivity contribution < 1.29 is 9.84 Å². The molecule has 0 amide bonds. The van der Waals surface area contributed by atoms with Gasteiger partial charge in [-0.3, -0.25) is 0 Å². The Labute approximate surface area is 91.4 Å². The van der Waals surface area contributed by atoms with Crippen molar-refractivity contribution in [2.24, 2.45) is 5.73 Å². The molecule has 4 heteroatoms. The molecule has 1 atom stereocenters. The van der Waals surface area contributed by atoms with E-state index in [0.29, 0.717) is 6.54 Å². The van der Waals surface area contributed by atoms with Crippen LogP contribution in [0.4, 0.5) is 0 Å². The highest BCUT2D eigenvalue weighted by Gasteiger charge is 2.16. The van der Waals surface area contributed by atoms with Crippen LogP contribution in [-0.2, 0) is 4.74 Å². The van der Waals surface area contributed by atoms with Gasteiger partial charge in [-0.15, -0.1) is 0 Å². The van der Waals surface area contributed by atoms with Crippen molar-refractivity contribution in [1.82, 2.24) is 0 Å². The number of nitrogens with two attached hydrogens (primary N) is 1. The van der Waals surface area contributed by atoms with Crippen LogP contribution in [-0.4, -0.2) is 42.5 Å². The van der Waals surface area contributed by atoms with E-state index in [-0.39, 0.29) is 0 Å². The SMILES string of the molecule is COCCSCCCCC(C)(O)CN.